The van der Waals surface area contributed by atoms with Crippen LogP contribution in [-0.4, -0.2) is 14.5 Å². The van der Waals surface area contributed by atoms with Crippen molar-refractivity contribution in [1.82, 2.24) is 14.5 Å². The summed E-state index contributed by atoms with van der Waals surface area (Å²) in [7, 11) is 0. The summed E-state index contributed by atoms with van der Waals surface area (Å²) in [5.74, 6) is 1.30. The molecule has 96 valence electrons. The van der Waals surface area contributed by atoms with Crippen LogP contribution in [0.5, 0.6) is 0 Å². The molecule has 0 aliphatic heterocycles. The Morgan fingerprint density at radius 1 is 1.16 bits per heavy atom. The lowest BCUT2D eigenvalue weighted by Gasteiger charge is -2.17. The quantitative estimate of drug-likeness (QED) is 0.679. The molecule has 3 aromatic rings. The van der Waals surface area contributed by atoms with Crippen LogP contribution in [0.1, 0.15) is 24.4 Å². The Hall–Kier alpha value is -1.87. The maximum absolute atomic E-state index is 6.04. The van der Waals surface area contributed by atoms with E-state index in [4.69, 9.17) is 11.6 Å². The molecule has 0 amide bonds. The number of hydrogen-bond acceptors (Lipinski definition) is 2. The second-order valence-corrected chi connectivity index (χ2v) is 4.74. The van der Waals surface area contributed by atoms with Crippen LogP contribution in [0.4, 0.5) is 0 Å². The lowest BCUT2D eigenvalue weighted by Crippen LogP contribution is -2.09. The Balaban J connectivity index is 2.18. The minimum atomic E-state index is 0.184. The normalized spacial score (nSPS) is 12.7. The molecule has 0 saturated carbocycles. The molecule has 0 aliphatic carbocycles. The Morgan fingerprint density at radius 2 is 1.89 bits per heavy atom. The maximum Gasteiger partial charge on any atom is 0.125 e. The Morgan fingerprint density at radius 3 is 2.63 bits per heavy atom. The number of nitrogens with zero attached hydrogens (tertiary/aromatic N) is 3. The molecule has 0 N–H and O–H groups in total. The van der Waals surface area contributed by atoms with E-state index in [1.165, 1.54) is 5.56 Å². The maximum atomic E-state index is 6.04. The molecule has 2 aromatic heterocycles. The van der Waals surface area contributed by atoms with Gasteiger partial charge in [0.25, 0.3) is 0 Å². The molecule has 0 fully saturated rings. The number of rotatable bonds is 3. The van der Waals surface area contributed by atoms with Gasteiger partial charge in [-0.2, -0.15) is 0 Å². The standard InChI is InChI=1S/C15H14ClN3/c1-11(12-6-8-17-9-7-12)19-14-5-3-2-4-13(14)18-15(19)10-16/h2-9,11H,10H2,1H3. The van der Waals surface area contributed by atoms with Crippen molar-refractivity contribution in [2.75, 3.05) is 0 Å². The van der Waals surface area contributed by atoms with Gasteiger partial charge < -0.3 is 4.57 Å². The average molecular weight is 272 g/mol. The minimum Gasteiger partial charge on any atom is -0.320 e. The lowest BCUT2D eigenvalue weighted by molar-refractivity contribution is 0.633. The van der Waals surface area contributed by atoms with Crippen molar-refractivity contribution in [3.05, 3.63) is 60.2 Å². The van der Waals surface area contributed by atoms with Crippen LogP contribution in [0.15, 0.2) is 48.8 Å². The monoisotopic (exact) mass is 271 g/mol. The van der Waals surface area contributed by atoms with Crippen LogP contribution >= 0.6 is 11.6 Å². The van der Waals surface area contributed by atoms with E-state index in [0.717, 1.165) is 16.9 Å². The Labute approximate surface area is 116 Å². The van der Waals surface area contributed by atoms with Gasteiger partial charge in [-0.3, -0.25) is 4.98 Å². The van der Waals surface area contributed by atoms with E-state index in [9.17, 15) is 0 Å². The molecule has 1 aromatic carbocycles. The number of para-hydroxylation sites is 2. The first-order chi connectivity index (χ1) is 9.31. The highest BCUT2D eigenvalue weighted by Crippen LogP contribution is 2.26. The summed E-state index contributed by atoms with van der Waals surface area (Å²) in [5.41, 5.74) is 3.30. The van der Waals surface area contributed by atoms with Gasteiger partial charge in [0.2, 0.25) is 0 Å². The van der Waals surface area contributed by atoms with Crippen molar-refractivity contribution in [2.45, 2.75) is 18.8 Å². The number of imidazole rings is 1. The SMILES string of the molecule is CC(c1ccncc1)n1c(CCl)nc2ccccc21. The van der Waals surface area contributed by atoms with Crippen LogP contribution in [0.2, 0.25) is 0 Å². The largest absolute Gasteiger partial charge is 0.320 e. The van der Waals surface area contributed by atoms with Gasteiger partial charge in [-0.15, -0.1) is 11.6 Å². The third kappa shape index (κ3) is 2.10. The number of aromatic nitrogens is 3. The Kier molecular flexibility index (Phi) is 3.22. The van der Waals surface area contributed by atoms with Crippen LogP contribution in [0, 0.1) is 0 Å². The van der Waals surface area contributed by atoms with Crippen LogP contribution < -0.4 is 0 Å². The fourth-order valence-corrected chi connectivity index (χ4v) is 2.60. The highest BCUT2D eigenvalue weighted by atomic mass is 35.5. The number of alkyl halides is 1. The molecule has 2 heterocycles. The van der Waals surface area contributed by atoms with Crippen LogP contribution in [0.25, 0.3) is 11.0 Å². The molecule has 0 bridgehead atoms. The van der Waals surface area contributed by atoms with Crippen molar-refractivity contribution in [2.24, 2.45) is 0 Å². The zero-order valence-electron chi connectivity index (χ0n) is 10.6. The summed E-state index contributed by atoms with van der Waals surface area (Å²) < 4.78 is 2.19. The molecule has 0 spiro atoms. The van der Waals surface area contributed by atoms with E-state index in [1.54, 1.807) is 0 Å². The fourth-order valence-electron chi connectivity index (χ4n) is 2.41. The van der Waals surface area contributed by atoms with Crippen molar-refractivity contribution in [3.63, 3.8) is 0 Å². The van der Waals surface area contributed by atoms with E-state index >= 15 is 0 Å². The number of hydrogen-bond donors (Lipinski definition) is 0. The summed E-state index contributed by atoms with van der Waals surface area (Å²) in [6, 6.07) is 12.3. The third-order valence-corrected chi connectivity index (χ3v) is 3.60. The number of fused-ring (bicyclic) bond motifs is 1. The summed E-state index contributed by atoms with van der Waals surface area (Å²) in [4.78, 5) is 8.66. The van der Waals surface area contributed by atoms with Crippen molar-refractivity contribution in [1.29, 1.82) is 0 Å². The zero-order valence-corrected chi connectivity index (χ0v) is 11.4. The number of halogens is 1. The van der Waals surface area contributed by atoms with Crippen LogP contribution in [0.3, 0.4) is 0 Å². The molecular formula is C15H14ClN3. The van der Waals surface area contributed by atoms with Crippen LogP contribution in [-0.2, 0) is 5.88 Å². The first-order valence-electron chi connectivity index (χ1n) is 6.23. The van der Waals surface area contributed by atoms with Gasteiger partial charge in [-0.25, -0.2) is 4.98 Å². The van der Waals surface area contributed by atoms with Gasteiger partial charge >= 0.3 is 0 Å². The average Bonchev–Trinajstić information content (AvgIpc) is 2.86. The molecule has 3 nitrogen and oxygen atoms in total. The first kappa shape index (κ1) is 12.2. The van der Waals surface area contributed by atoms with Gasteiger partial charge in [0.15, 0.2) is 0 Å². The third-order valence-electron chi connectivity index (χ3n) is 3.36. The molecule has 1 atom stereocenters. The molecular weight excluding hydrogens is 258 g/mol. The molecule has 19 heavy (non-hydrogen) atoms. The van der Waals surface area contributed by atoms with Gasteiger partial charge in [0.1, 0.15) is 5.82 Å². The van der Waals surface area contributed by atoms with E-state index < -0.39 is 0 Å². The molecule has 0 radical (unpaired) electrons. The summed E-state index contributed by atoms with van der Waals surface area (Å²) in [5, 5.41) is 0. The summed E-state index contributed by atoms with van der Waals surface area (Å²) in [6.45, 7) is 2.15. The minimum absolute atomic E-state index is 0.184. The zero-order chi connectivity index (χ0) is 13.2. The van der Waals surface area contributed by atoms with Gasteiger partial charge in [-0.1, -0.05) is 12.1 Å². The molecule has 1 unspecified atom stereocenters. The second kappa shape index (κ2) is 5.02. The highest BCUT2D eigenvalue weighted by Gasteiger charge is 2.16. The summed E-state index contributed by atoms with van der Waals surface area (Å²) >= 11 is 6.04. The second-order valence-electron chi connectivity index (χ2n) is 4.48. The predicted molar refractivity (Wildman–Crippen MR) is 77.3 cm³/mol. The van der Waals surface area contributed by atoms with E-state index in [1.807, 2.05) is 42.7 Å². The Bertz CT molecular complexity index is 691. The summed E-state index contributed by atoms with van der Waals surface area (Å²) in [6.07, 6.45) is 3.62. The van der Waals surface area contributed by atoms with Crippen molar-refractivity contribution >= 4 is 22.6 Å². The smallest absolute Gasteiger partial charge is 0.125 e. The number of pyridine rings is 1. The van der Waals surface area contributed by atoms with E-state index in [2.05, 4.69) is 27.5 Å². The predicted octanol–water partition coefficient (Wildman–Crippen LogP) is 3.78. The van der Waals surface area contributed by atoms with Crippen molar-refractivity contribution in [3.8, 4) is 0 Å². The molecule has 4 heteroatoms. The number of benzene rings is 1. The lowest BCUT2D eigenvalue weighted by atomic mass is 10.1. The highest BCUT2D eigenvalue weighted by molar-refractivity contribution is 6.16. The van der Waals surface area contributed by atoms with E-state index in [-0.39, 0.29) is 6.04 Å². The van der Waals surface area contributed by atoms with E-state index in [0.29, 0.717) is 5.88 Å². The fraction of sp³-hybridized carbons (Fsp3) is 0.200. The van der Waals surface area contributed by atoms with Gasteiger partial charge in [0, 0.05) is 12.4 Å². The van der Waals surface area contributed by atoms with Gasteiger partial charge in [0.05, 0.1) is 23.0 Å². The molecule has 0 aliphatic rings. The molecule has 3 rings (SSSR count). The molecule has 0 saturated heterocycles. The first-order valence-corrected chi connectivity index (χ1v) is 6.76. The van der Waals surface area contributed by atoms with Gasteiger partial charge in [-0.05, 0) is 36.8 Å². The van der Waals surface area contributed by atoms with Crippen molar-refractivity contribution < 1.29 is 0 Å². The topological polar surface area (TPSA) is 30.7 Å².